The summed E-state index contributed by atoms with van der Waals surface area (Å²) in [7, 11) is 0. The molecule has 0 unspecified atom stereocenters. The molecular weight excluding hydrogens is 280 g/mol. The van der Waals surface area contributed by atoms with Gasteiger partial charge in [-0.15, -0.1) is 11.8 Å². The van der Waals surface area contributed by atoms with E-state index in [-0.39, 0.29) is 11.9 Å². The Labute approximate surface area is 121 Å². The molecule has 2 N–H and O–H groups in total. The fraction of sp³-hybridized carbons (Fsp3) is 0.308. The second-order valence-corrected chi connectivity index (χ2v) is 5.85. The molecule has 0 radical (unpaired) electrons. The maximum Gasteiger partial charge on any atom is 0.223 e. The summed E-state index contributed by atoms with van der Waals surface area (Å²) in [4.78, 5) is 13.8. The van der Waals surface area contributed by atoms with Gasteiger partial charge in [0.05, 0.1) is 5.75 Å². The van der Waals surface area contributed by atoms with Crippen molar-refractivity contribution in [2.75, 3.05) is 5.73 Å². The zero-order chi connectivity index (χ0) is 13.8. The standard InChI is InChI=1S/C13H15ClN4S/c1-8(2)12-16-11(17-13(15)18-12)7-19-10-5-3-9(14)4-6-10/h3-6,8H,7H2,1-2H3,(H2,15,16,17,18). The molecule has 6 heteroatoms. The van der Waals surface area contributed by atoms with Gasteiger partial charge in [0.2, 0.25) is 5.95 Å². The van der Waals surface area contributed by atoms with Gasteiger partial charge >= 0.3 is 0 Å². The summed E-state index contributed by atoms with van der Waals surface area (Å²) in [6, 6.07) is 7.68. The van der Waals surface area contributed by atoms with Gasteiger partial charge in [0, 0.05) is 15.8 Å². The highest BCUT2D eigenvalue weighted by atomic mass is 35.5. The van der Waals surface area contributed by atoms with E-state index in [1.807, 2.05) is 38.1 Å². The van der Waals surface area contributed by atoms with E-state index in [0.29, 0.717) is 11.6 Å². The van der Waals surface area contributed by atoms with Crippen LogP contribution >= 0.6 is 23.4 Å². The lowest BCUT2D eigenvalue weighted by Gasteiger charge is -2.07. The maximum atomic E-state index is 5.85. The molecule has 100 valence electrons. The summed E-state index contributed by atoms with van der Waals surface area (Å²) in [5.41, 5.74) is 5.70. The normalized spacial score (nSPS) is 10.9. The van der Waals surface area contributed by atoms with Crippen molar-refractivity contribution in [3.8, 4) is 0 Å². The summed E-state index contributed by atoms with van der Waals surface area (Å²) >= 11 is 7.49. The molecule has 0 aliphatic rings. The van der Waals surface area contributed by atoms with Gasteiger partial charge in [0.25, 0.3) is 0 Å². The molecule has 2 aromatic rings. The van der Waals surface area contributed by atoms with Crippen LogP contribution in [-0.2, 0) is 5.75 Å². The number of anilines is 1. The maximum absolute atomic E-state index is 5.85. The molecule has 0 aliphatic carbocycles. The third-order valence-corrected chi connectivity index (χ3v) is 3.67. The molecule has 0 amide bonds. The van der Waals surface area contributed by atoms with E-state index >= 15 is 0 Å². The Kier molecular flexibility index (Phi) is 4.61. The Morgan fingerprint density at radius 3 is 2.47 bits per heavy atom. The van der Waals surface area contributed by atoms with E-state index < -0.39 is 0 Å². The Morgan fingerprint density at radius 2 is 1.84 bits per heavy atom. The SMILES string of the molecule is CC(C)c1nc(N)nc(CSc2ccc(Cl)cc2)n1. The highest BCUT2D eigenvalue weighted by molar-refractivity contribution is 7.98. The molecule has 4 nitrogen and oxygen atoms in total. The number of rotatable bonds is 4. The van der Waals surface area contributed by atoms with E-state index in [1.165, 1.54) is 0 Å². The van der Waals surface area contributed by atoms with Gasteiger partial charge in [-0.25, -0.2) is 4.98 Å². The number of aromatic nitrogens is 3. The summed E-state index contributed by atoms with van der Waals surface area (Å²) < 4.78 is 0. The van der Waals surface area contributed by atoms with Crippen molar-refractivity contribution in [3.05, 3.63) is 40.9 Å². The summed E-state index contributed by atoms with van der Waals surface area (Å²) in [6.07, 6.45) is 0. The van der Waals surface area contributed by atoms with Crippen molar-refractivity contribution in [1.82, 2.24) is 15.0 Å². The topological polar surface area (TPSA) is 64.7 Å². The minimum absolute atomic E-state index is 0.240. The second-order valence-electron chi connectivity index (χ2n) is 4.37. The molecule has 1 heterocycles. The fourth-order valence-electron chi connectivity index (χ4n) is 1.46. The monoisotopic (exact) mass is 294 g/mol. The number of benzene rings is 1. The smallest absolute Gasteiger partial charge is 0.223 e. The number of nitrogen functional groups attached to an aromatic ring is 1. The Hall–Kier alpha value is -1.33. The van der Waals surface area contributed by atoms with Crippen LogP contribution in [0.1, 0.15) is 31.4 Å². The lowest BCUT2D eigenvalue weighted by molar-refractivity contribution is 0.749. The molecule has 0 fully saturated rings. The number of nitrogens with zero attached hydrogens (tertiary/aromatic N) is 3. The van der Waals surface area contributed by atoms with Crippen LogP contribution in [0.2, 0.25) is 5.02 Å². The van der Waals surface area contributed by atoms with E-state index in [0.717, 1.165) is 15.7 Å². The highest BCUT2D eigenvalue weighted by Crippen LogP contribution is 2.23. The van der Waals surface area contributed by atoms with Crippen molar-refractivity contribution in [3.63, 3.8) is 0 Å². The molecule has 0 saturated carbocycles. The van der Waals surface area contributed by atoms with Crippen LogP contribution in [0.4, 0.5) is 5.95 Å². The first-order chi connectivity index (χ1) is 9.04. The van der Waals surface area contributed by atoms with Crippen LogP contribution in [0, 0.1) is 0 Å². The van der Waals surface area contributed by atoms with Gasteiger partial charge in [-0.3, -0.25) is 0 Å². The van der Waals surface area contributed by atoms with Crippen LogP contribution in [0.15, 0.2) is 29.2 Å². The van der Waals surface area contributed by atoms with E-state index in [1.54, 1.807) is 11.8 Å². The minimum atomic E-state index is 0.240. The van der Waals surface area contributed by atoms with E-state index in [4.69, 9.17) is 17.3 Å². The molecule has 2 rings (SSSR count). The third-order valence-electron chi connectivity index (χ3n) is 2.41. The zero-order valence-corrected chi connectivity index (χ0v) is 12.4. The summed E-state index contributed by atoms with van der Waals surface area (Å²) in [5, 5.41) is 0.732. The van der Waals surface area contributed by atoms with Crippen molar-refractivity contribution in [2.45, 2.75) is 30.4 Å². The average molecular weight is 295 g/mol. The Morgan fingerprint density at radius 1 is 1.16 bits per heavy atom. The quantitative estimate of drug-likeness (QED) is 0.874. The number of halogens is 1. The van der Waals surface area contributed by atoms with Crippen LogP contribution in [0.3, 0.4) is 0 Å². The van der Waals surface area contributed by atoms with Crippen molar-refractivity contribution < 1.29 is 0 Å². The molecule has 0 atom stereocenters. The largest absolute Gasteiger partial charge is 0.368 e. The third kappa shape index (κ3) is 4.08. The van der Waals surface area contributed by atoms with Crippen LogP contribution in [0.5, 0.6) is 0 Å². The van der Waals surface area contributed by atoms with Gasteiger partial charge in [-0.05, 0) is 24.3 Å². The first-order valence-electron chi connectivity index (χ1n) is 5.93. The van der Waals surface area contributed by atoms with Gasteiger partial charge in [-0.2, -0.15) is 9.97 Å². The zero-order valence-electron chi connectivity index (χ0n) is 10.8. The number of hydrogen-bond acceptors (Lipinski definition) is 5. The molecule has 1 aromatic heterocycles. The number of hydrogen-bond donors (Lipinski definition) is 1. The number of thioether (sulfide) groups is 1. The van der Waals surface area contributed by atoms with Crippen LogP contribution in [0.25, 0.3) is 0 Å². The van der Waals surface area contributed by atoms with Crippen molar-refractivity contribution in [2.24, 2.45) is 0 Å². The van der Waals surface area contributed by atoms with Crippen LogP contribution < -0.4 is 5.73 Å². The molecule has 0 bridgehead atoms. The van der Waals surface area contributed by atoms with Gasteiger partial charge < -0.3 is 5.73 Å². The van der Waals surface area contributed by atoms with E-state index in [2.05, 4.69) is 15.0 Å². The first kappa shape index (κ1) is 14.1. The average Bonchev–Trinajstić information content (AvgIpc) is 2.37. The highest BCUT2D eigenvalue weighted by Gasteiger charge is 2.08. The van der Waals surface area contributed by atoms with Crippen LogP contribution in [-0.4, -0.2) is 15.0 Å². The molecule has 1 aromatic carbocycles. The number of nitrogens with two attached hydrogens (primary N) is 1. The molecule has 0 aliphatic heterocycles. The predicted octanol–water partition coefficient (Wildman–Crippen LogP) is 3.52. The van der Waals surface area contributed by atoms with Gasteiger partial charge in [-0.1, -0.05) is 25.4 Å². The minimum Gasteiger partial charge on any atom is -0.368 e. The van der Waals surface area contributed by atoms with Crippen molar-refractivity contribution in [1.29, 1.82) is 0 Å². The molecule has 19 heavy (non-hydrogen) atoms. The predicted molar refractivity (Wildman–Crippen MR) is 79.3 cm³/mol. The first-order valence-corrected chi connectivity index (χ1v) is 7.29. The second kappa shape index (κ2) is 6.21. The lowest BCUT2D eigenvalue weighted by atomic mass is 10.2. The van der Waals surface area contributed by atoms with Gasteiger partial charge in [0.1, 0.15) is 11.6 Å². The molecular formula is C13H15ClN4S. The van der Waals surface area contributed by atoms with Crippen molar-refractivity contribution >= 4 is 29.3 Å². The lowest BCUT2D eigenvalue weighted by Crippen LogP contribution is -2.07. The molecule has 0 spiro atoms. The Balaban J connectivity index is 2.08. The van der Waals surface area contributed by atoms with E-state index in [9.17, 15) is 0 Å². The van der Waals surface area contributed by atoms with Gasteiger partial charge in [0.15, 0.2) is 0 Å². The summed E-state index contributed by atoms with van der Waals surface area (Å²) in [5.74, 6) is 2.62. The molecule has 0 saturated heterocycles. The summed E-state index contributed by atoms with van der Waals surface area (Å²) in [6.45, 7) is 4.07. The fourth-order valence-corrected chi connectivity index (χ4v) is 2.34. The Bertz CT molecular complexity index is 557.